The van der Waals surface area contributed by atoms with Crippen molar-refractivity contribution >= 4 is 21.6 Å². The van der Waals surface area contributed by atoms with Gasteiger partial charge in [0.2, 0.25) is 0 Å². The Morgan fingerprint density at radius 2 is 1.48 bits per heavy atom. The Morgan fingerprint density at radius 1 is 0.871 bits per heavy atom. The van der Waals surface area contributed by atoms with E-state index in [-0.39, 0.29) is 4.90 Å². The Balaban J connectivity index is 1.88. The number of benzene rings is 3. The summed E-state index contributed by atoms with van der Waals surface area (Å²) in [5.74, 6) is 0. The number of aromatic nitrogens is 2. The average Bonchev–Trinajstić information content (AvgIpc) is 3.11. The van der Waals surface area contributed by atoms with Crippen LogP contribution in [-0.2, 0) is 10.0 Å². The maximum atomic E-state index is 13.0. The molecule has 1 heterocycles. The van der Waals surface area contributed by atoms with Gasteiger partial charge in [-0.2, -0.15) is 23.1 Å². The third kappa shape index (κ3) is 4.36. The van der Waals surface area contributed by atoms with Crippen LogP contribution in [0.1, 0.15) is 16.7 Å². The molecule has 5 nitrogen and oxygen atoms in total. The first-order chi connectivity index (χ1) is 14.7. The molecule has 0 aliphatic heterocycles. The summed E-state index contributed by atoms with van der Waals surface area (Å²) in [7, 11) is -3.82. The highest BCUT2D eigenvalue weighted by Crippen LogP contribution is 2.32. The fourth-order valence-corrected chi connectivity index (χ4v) is 4.85. The summed E-state index contributed by atoms with van der Waals surface area (Å²) in [5, 5.41) is 5.21. The molecule has 0 atom stereocenters. The fourth-order valence-electron chi connectivity index (χ4n) is 3.74. The van der Waals surface area contributed by atoms with Crippen molar-refractivity contribution in [3.8, 4) is 22.5 Å². The predicted octanol–water partition coefficient (Wildman–Crippen LogP) is 5.73. The van der Waals surface area contributed by atoms with Crippen LogP contribution >= 0.6 is 11.6 Å². The first-order valence-electron chi connectivity index (χ1n) is 9.77. The van der Waals surface area contributed by atoms with Crippen LogP contribution in [0.3, 0.4) is 0 Å². The van der Waals surface area contributed by atoms with Gasteiger partial charge < -0.3 is 0 Å². The van der Waals surface area contributed by atoms with Gasteiger partial charge >= 0.3 is 0 Å². The zero-order valence-corrected chi connectivity index (χ0v) is 19.0. The molecule has 0 radical (unpaired) electrons. The normalized spacial score (nSPS) is 11.5. The highest BCUT2D eigenvalue weighted by molar-refractivity contribution is 7.92. The molecular weight excluding hydrogens is 430 g/mol. The van der Waals surface area contributed by atoms with Gasteiger partial charge in [-0.1, -0.05) is 59.6 Å². The lowest BCUT2D eigenvalue weighted by Crippen LogP contribution is -2.25. The minimum atomic E-state index is -3.82. The van der Waals surface area contributed by atoms with Gasteiger partial charge in [0.1, 0.15) is 0 Å². The Bertz CT molecular complexity index is 1320. The van der Waals surface area contributed by atoms with Crippen LogP contribution in [0.25, 0.3) is 22.5 Å². The molecule has 158 valence electrons. The van der Waals surface area contributed by atoms with Gasteiger partial charge in [0.05, 0.1) is 16.3 Å². The quantitative estimate of drug-likeness (QED) is 0.421. The molecule has 3 aromatic carbocycles. The van der Waals surface area contributed by atoms with Crippen LogP contribution in [0.4, 0.5) is 0 Å². The molecule has 0 bridgehead atoms. The van der Waals surface area contributed by atoms with Crippen LogP contribution in [-0.4, -0.2) is 18.3 Å². The largest absolute Gasteiger partial charge is 0.276 e. The van der Waals surface area contributed by atoms with E-state index in [0.29, 0.717) is 16.4 Å². The molecule has 0 unspecified atom stereocenters. The minimum Gasteiger partial charge on any atom is -0.200 e. The molecule has 4 aromatic rings. The first-order valence-corrected chi connectivity index (χ1v) is 11.6. The molecule has 0 spiro atoms. The van der Waals surface area contributed by atoms with E-state index in [4.69, 9.17) is 11.6 Å². The number of sulfonamides is 1. The second-order valence-electron chi connectivity index (χ2n) is 7.52. The zero-order chi connectivity index (χ0) is 22.2. The van der Waals surface area contributed by atoms with E-state index >= 15 is 0 Å². The lowest BCUT2D eigenvalue weighted by Gasteiger charge is -2.15. The maximum absolute atomic E-state index is 13.0. The van der Waals surface area contributed by atoms with Gasteiger partial charge in [-0.05, 0) is 62.2 Å². The topological polar surface area (TPSA) is 64.0 Å². The third-order valence-corrected chi connectivity index (χ3v) is 6.60. The van der Waals surface area contributed by atoms with Crippen LogP contribution < -0.4 is 4.83 Å². The highest BCUT2D eigenvalue weighted by Gasteiger charge is 2.20. The maximum Gasteiger partial charge on any atom is 0.276 e. The third-order valence-electron chi connectivity index (χ3n) is 5.04. The van der Waals surface area contributed by atoms with Crippen molar-refractivity contribution in [2.45, 2.75) is 25.7 Å². The molecule has 1 aromatic heterocycles. The van der Waals surface area contributed by atoms with E-state index in [0.717, 1.165) is 27.8 Å². The van der Waals surface area contributed by atoms with Gasteiger partial charge in [0.15, 0.2) is 0 Å². The summed E-state index contributed by atoms with van der Waals surface area (Å²) in [4.78, 5) is 4.14. The molecule has 0 saturated carbocycles. The number of hydrogen-bond donors (Lipinski definition) is 1. The van der Waals surface area contributed by atoms with Crippen LogP contribution in [0, 0.1) is 20.8 Å². The second kappa shape index (κ2) is 8.21. The zero-order valence-electron chi connectivity index (χ0n) is 17.4. The average molecular weight is 452 g/mol. The van der Waals surface area contributed by atoms with Crippen LogP contribution in [0.15, 0.2) is 77.7 Å². The van der Waals surface area contributed by atoms with Gasteiger partial charge in [0, 0.05) is 16.1 Å². The molecular formula is C24H22ClN3O2S. The van der Waals surface area contributed by atoms with E-state index in [2.05, 4.69) is 22.1 Å². The summed E-state index contributed by atoms with van der Waals surface area (Å²) in [6.45, 7) is 6.07. The highest BCUT2D eigenvalue weighted by atomic mass is 35.5. The summed E-state index contributed by atoms with van der Waals surface area (Å²) in [6, 6.07) is 21.6. The van der Waals surface area contributed by atoms with Gasteiger partial charge in [-0.15, -0.1) is 0 Å². The van der Waals surface area contributed by atoms with Crippen molar-refractivity contribution in [1.82, 2.24) is 9.89 Å². The summed E-state index contributed by atoms with van der Waals surface area (Å²) < 4.78 is 26.0. The van der Waals surface area contributed by atoms with E-state index in [1.165, 1.54) is 4.79 Å². The second-order valence-corrected chi connectivity index (χ2v) is 9.61. The van der Waals surface area contributed by atoms with Gasteiger partial charge in [-0.25, -0.2) is 0 Å². The number of nitrogens with zero attached hydrogens (tertiary/aromatic N) is 2. The molecule has 1 N–H and O–H groups in total. The molecule has 31 heavy (non-hydrogen) atoms. The van der Waals surface area contributed by atoms with Gasteiger partial charge in [-0.3, -0.25) is 0 Å². The minimum absolute atomic E-state index is 0.168. The Morgan fingerprint density at radius 3 is 2.10 bits per heavy atom. The Labute approximate surface area is 187 Å². The van der Waals surface area contributed by atoms with Crippen molar-refractivity contribution in [3.05, 3.63) is 94.5 Å². The molecule has 4 rings (SSSR count). The predicted molar refractivity (Wildman–Crippen MR) is 125 cm³/mol. The number of nitrogens with one attached hydrogen (secondary N) is 1. The summed E-state index contributed by atoms with van der Waals surface area (Å²) in [6.07, 6.45) is 0. The van der Waals surface area contributed by atoms with Crippen molar-refractivity contribution in [1.29, 1.82) is 0 Å². The van der Waals surface area contributed by atoms with E-state index in [9.17, 15) is 8.42 Å². The smallest absolute Gasteiger partial charge is 0.200 e. The Kier molecular flexibility index (Phi) is 5.60. The molecule has 0 saturated heterocycles. The number of rotatable bonds is 5. The van der Waals surface area contributed by atoms with E-state index < -0.39 is 10.0 Å². The van der Waals surface area contributed by atoms with E-state index in [1.54, 1.807) is 42.5 Å². The first kappa shape index (κ1) is 21.2. The summed E-state index contributed by atoms with van der Waals surface area (Å²) >= 11 is 6.03. The van der Waals surface area contributed by atoms with Crippen molar-refractivity contribution in [3.63, 3.8) is 0 Å². The lowest BCUT2D eigenvalue weighted by atomic mass is 9.97. The monoisotopic (exact) mass is 451 g/mol. The van der Waals surface area contributed by atoms with Crippen molar-refractivity contribution < 1.29 is 8.42 Å². The number of hydrogen-bond acceptors (Lipinski definition) is 3. The number of halogens is 1. The van der Waals surface area contributed by atoms with E-state index in [1.807, 2.05) is 39.0 Å². The molecule has 0 aliphatic carbocycles. The summed E-state index contributed by atoms with van der Waals surface area (Å²) in [5.41, 5.74) is 6.31. The molecule has 7 heteroatoms. The lowest BCUT2D eigenvalue weighted by molar-refractivity contribution is 0.592. The standard InChI is InChI=1S/C24H22ClN3O2S/c1-16-13-17(2)24(18(3)14-16)23-15-22(19-9-11-20(25)12-10-19)26-28(23)27-31(29,30)21-7-5-4-6-8-21/h4-15,27H,1-3H3. The Hall–Kier alpha value is -3.09. The number of aryl methyl sites for hydroxylation is 3. The fraction of sp³-hybridized carbons (Fsp3) is 0.125. The van der Waals surface area contributed by atoms with Crippen LogP contribution in [0.2, 0.25) is 5.02 Å². The van der Waals surface area contributed by atoms with Gasteiger partial charge in [0.25, 0.3) is 10.0 Å². The van der Waals surface area contributed by atoms with Crippen LogP contribution in [0.5, 0.6) is 0 Å². The molecule has 0 amide bonds. The molecule has 0 fully saturated rings. The molecule has 0 aliphatic rings. The van der Waals surface area contributed by atoms with Crippen molar-refractivity contribution in [2.75, 3.05) is 4.83 Å². The van der Waals surface area contributed by atoms with Crippen molar-refractivity contribution in [2.24, 2.45) is 0 Å². The SMILES string of the molecule is Cc1cc(C)c(-c2cc(-c3ccc(Cl)cc3)nn2NS(=O)(=O)c2ccccc2)c(C)c1.